The van der Waals surface area contributed by atoms with Crippen LogP contribution >= 0.6 is 23.2 Å². The molecule has 33 heavy (non-hydrogen) atoms. The number of nitrogens with zero attached hydrogens (tertiary/aromatic N) is 1. The first kappa shape index (κ1) is 26.8. The van der Waals surface area contributed by atoms with Gasteiger partial charge in [-0.15, -0.1) is 0 Å². The Bertz CT molecular complexity index is 938. The van der Waals surface area contributed by atoms with Gasteiger partial charge in [0.25, 0.3) is 5.91 Å². The number of hydrogen-bond donors (Lipinski definition) is 2. The third kappa shape index (κ3) is 8.11. The van der Waals surface area contributed by atoms with Crippen molar-refractivity contribution in [1.29, 1.82) is 0 Å². The Balaban J connectivity index is 2.15. The molecule has 9 heteroatoms. The van der Waals surface area contributed by atoms with Crippen LogP contribution in [0.1, 0.15) is 35.7 Å². The Hall–Kier alpha value is -2.48. The molecule has 1 amide bonds. The SMILES string of the molecule is CCOC(=O)[C@@H](Cc1ccccc1)NC(=O)c1cc(Cl)c(OCCCCN(C)C)c(Cl)c1O. The van der Waals surface area contributed by atoms with Gasteiger partial charge >= 0.3 is 5.97 Å². The van der Waals surface area contributed by atoms with Crippen LogP contribution in [0.4, 0.5) is 0 Å². The Morgan fingerprint density at radius 2 is 1.85 bits per heavy atom. The topological polar surface area (TPSA) is 88.1 Å². The number of aromatic hydroxyl groups is 1. The number of phenols is 1. The van der Waals surface area contributed by atoms with E-state index >= 15 is 0 Å². The number of amides is 1. The lowest BCUT2D eigenvalue weighted by Gasteiger charge is -2.19. The zero-order chi connectivity index (χ0) is 24.4. The molecule has 0 fully saturated rings. The molecule has 0 aromatic heterocycles. The van der Waals surface area contributed by atoms with Gasteiger partial charge in [-0.05, 0) is 52.0 Å². The third-order valence-electron chi connectivity index (χ3n) is 4.80. The van der Waals surface area contributed by atoms with Crippen LogP contribution in [0.15, 0.2) is 36.4 Å². The largest absolute Gasteiger partial charge is 0.505 e. The molecular formula is C24H30Cl2N2O5. The molecule has 2 aromatic carbocycles. The van der Waals surface area contributed by atoms with E-state index in [1.807, 2.05) is 44.4 Å². The van der Waals surface area contributed by atoms with Crippen molar-refractivity contribution in [3.05, 3.63) is 57.6 Å². The maximum atomic E-state index is 12.9. The van der Waals surface area contributed by atoms with Crippen molar-refractivity contribution in [3.63, 3.8) is 0 Å². The lowest BCUT2D eigenvalue weighted by Crippen LogP contribution is -2.43. The van der Waals surface area contributed by atoms with Crippen LogP contribution in [0.2, 0.25) is 10.0 Å². The van der Waals surface area contributed by atoms with Crippen molar-refractivity contribution in [2.75, 3.05) is 33.9 Å². The lowest BCUT2D eigenvalue weighted by atomic mass is 10.1. The zero-order valence-electron chi connectivity index (χ0n) is 19.1. The predicted octanol–water partition coefficient (Wildman–Crippen LogP) is 4.32. The number of unbranched alkanes of at least 4 members (excludes halogenated alkanes) is 1. The second-order valence-corrected chi connectivity index (χ2v) is 8.51. The highest BCUT2D eigenvalue weighted by Gasteiger charge is 2.27. The van der Waals surface area contributed by atoms with Gasteiger partial charge in [-0.2, -0.15) is 0 Å². The van der Waals surface area contributed by atoms with Crippen LogP contribution in [0.3, 0.4) is 0 Å². The molecule has 0 saturated heterocycles. The van der Waals surface area contributed by atoms with E-state index in [9.17, 15) is 14.7 Å². The number of nitrogens with one attached hydrogen (secondary N) is 1. The van der Waals surface area contributed by atoms with E-state index in [-0.39, 0.29) is 34.4 Å². The Morgan fingerprint density at radius 1 is 1.15 bits per heavy atom. The number of halogens is 2. The monoisotopic (exact) mass is 496 g/mol. The van der Waals surface area contributed by atoms with E-state index in [1.165, 1.54) is 6.07 Å². The number of esters is 1. The standard InChI is InChI=1S/C24H30Cl2N2O5/c1-4-32-24(31)19(14-16-10-6-5-7-11-16)27-23(30)17-15-18(25)22(20(26)21(17)29)33-13-9-8-12-28(2)3/h5-7,10-11,15,19,29H,4,8-9,12-14H2,1-3H3,(H,27,30)/t19-/m1/s1. The average Bonchev–Trinajstić information content (AvgIpc) is 2.78. The highest BCUT2D eigenvalue weighted by Crippen LogP contribution is 2.42. The fourth-order valence-electron chi connectivity index (χ4n) is 3.12. The smallest absolute Gasteiger partial charge is 0.328 e. The molecule has 0 bridgehead atoms. The minimum atomic E-state index is -0.954. The molecule has 0 saturated carbocycles. The van der Waals surface area contributed by atoms with Gasteiger partial charge in [0, 0.05) is 6.42 Å². The summed E-state index contributed by atoms with van der Waals surface area (Å²) in [5.74, 6) is -1.64. The minimum absolute atomic E-state index is 0.0892. The number of phenolic OH excluding ortho intramolecular Hbond substituents is 1. The van der Waals surface area contributed by atoms with Gasteiger partial charge in [0.2, 0.25) is 0 Å². The summed E-state index contributed by atoms with van der Waals surface area (Å²) < 4.78 is 10.7. The number of ether oxygens (including phenoxy) is 2. The minimum Gasteiger partial charge on any atom is -0.505 e. The molecule has 0 spiro atoms. The number of carbonyl (C=O) groups excluding carboxylic acids is 2. The Kier molecular flexibility index (Phi) is 10.8. The molecular weight excluding hydrogens is 467 g/mol. The van der Waals surface area contributed by atoms with Crippen LogP contribution in [-0.2, 0) is 16.0 Å². The first-order valence-corrected chi connectivity index (χ1v) is 11.5. The maximum Gasteiger partial charge on any atom is 0.328 e. The highest BCUT2D eigenvalue weighted by molar-refractivity contribution is 6.39. The molecule has 0 aliphatic carbocycles. The number of hydrogen-bond acceptors (Lipinski definition) is 6. The molecule has 2 N–H and O–H groups in total. The predicted molar refractivity (Wildman–Crippen MR) is 129 cm³/mol. The van der Waals surface area contributed by atoms with Gasteiger partial charge in [0.05, 0.1) is 23.8 Å². The summed E-state index contributed by atoms with van der Waals surface area (Å²) in [7, 11) is 3.98. The second kappa shape index (κ2) is 13.3. The fourth-order valence-corrected chi connectivity index (χ4v) is 3.69. The highest BCUT2D eigenvalue weighted by atomic mass is 35.5. The summed E-state index contributed by atoms with van der Waals surface area (Å²) >= 11 is 12.5. The molecule has 0 unspecified atom stereocenters. The number of carbonyl (C=O) groups is 2. The normalized spacial score (nSPS) is 11.8. The van der Waals surface area contributed by atoms with Crippen molar-refractivity contribution in [2.24, 2.45) is 0 Å². The van der Waals surface area contributed by atoms with Crippen LogP contribution in [0.5, 0.6) is 11.5 Å². The third-order valence-corrected chi connectivity index (χ3v) is 5.43. The molecule has 2 aromatic rings. The summed E-state index contributed by atoms with van der Waals surface area (Å²) in [6.07, 6.45) is 1.92. The van der Waals surface area contributed by atoms with Crippen molar-refractivity contribution in [1.82, 2.24) is 10.2 Å². The molecule has 7 nitrogen and oxygen atoms in total. The molecule has 0 aliphatic heterocycles. The van der Waals surface area contributed by atoms with E-state index in [4.69, 9.17) is 32.7 Å². The van der Waals surface area contributed by atoms with Crippen molar-refractivity contribution in [3.8, 4) is 11.5 Å². The van der Waals surface area contributed by atoms with Crippen LogP contribution < -0.4 is 10.1 Å². The van der Waals surface area contributed by atoms with E-state index < -0.39 is 23.7 Å². The summed E-state index contributed by atoms with van der Waals surface area (Å²) in [5, 5.41) is 13.1. The van der Waals surface area contributed by atoms with Gasteiger partial charge in [0.15, 0.2) is 11.5 Å². The van der Waals surface area contributed by atoms with E-state index in [0.29, 0.717) is 6.61 Å². The molecule has 180 valence electrons. The molecule has 0 radical (unpaired) electrons. The maximum absolute atomic E-state index is 12.9. The summed E-state index contributed by atoms with van der Waals surface area (Å²) in [6.45, 7) is 3.13. The fraction of sp³-hybridized carbons (Fsp3) is 0.417. The number of rotatable bonds is 12. The first-order chi connectivity index (χ1) is 15.7. The summed E-state index contributed by atoms with van der Waals surface area (Å²) in [6, 6.07) is 9.54. The van der Waals surface area contributed by atoms with Crippen LogP contribution in [0.25, 0.3) is 0 Å². The Labute approximate surface area is 204 Å². The molecule has 1 atom stereocenters. The molecule has 0 aliphatic rings. The molecule has 0 heterocycles. The Morgan fingerprint density at radius 3 is 2.48 bits per heavy atom. The van der Waals surface area contributed by atoms with Crippen LogP contribution in [0, 0.1) is 0 Å². The van der Waals surface area contributed by atoms with Gasteiger partial charge in [-0.3, -0.25) is 4.79 Å². The van der Waals surface area contributed by atoms with E-state index in [2.05, 4.69) is 10.2 Å². The van der Waals surface area contributed by atoms with Crippen molar-refractivity contribution >= 4 is 35.1 Å². The zero-order valence-corrected chi connectivity index (χ0v) is 20.6. The lowest BCUT2D eigenvalue weighted by molar-refractivity contribution is -0.145. The van der Waals surface area contributed by atoms with Gasteiger partial charge in [-0.25, -0.2) is 4.79 Å². The van der Waals surface area contributed by atoms with Gasteiger partial charge in [0.1, 0.15) is 11.1 Å². The van der Waals surface area contributed by atoms with Crippen LogP contribution in [-0.4, -0.2) is 61.8 Å². The summed E-state index contributed by atoms with van der Waals surface area (Å²) in [5.41, 5.74) is 0.682. The van der Waals surface area contributed by atoms with E-state index in [0.717, 1.165) is 24.9 Å². The molecule has 2 rings (SSSR count). The number of benzene rings is 2. The van der Waals surface area contributed by atoms with Crippen molar-refractivity contribution in [2.45, 2.75) is 32.2 Å². The van der Waals surface area contributed by atoms with E-state index in [1.54, 1.807) is 6.92 Å². The van der Waals surface area contributed by atoms with Crippen molar-refractivity contribution < 1.29 is 24.2 Å². The van der Waals surface area contributed by atoms with Gasteiger partial charge < -0.3 is 24.8 Å². The van der Waals surface area contributed by atoms with Gasteiger partial charge in [-0.1, -0.05) is 53.5 Å². The average molecular weight is 497 g/mol. The summed E-state index contributed by atoms with van der Waals surface area (Å²) in [4.78, 5) is 27.4. The second-order valence-electron chi connectivity index (χ2n) is 7.72. The first-order valence-electron chi connectivity index (χ1n) is 10.7. The quantitative estimate of drug-likeness (QED) is 0.336.